The van der Waals surface area contributed by atoms with Gasteiger partial charge < -0.3 is 14.6 Å². The summed E-state index contributed by atoms with van der Waals surface area (Å²) in [6.45, 7) is 1.43. The predicted octanol–water partition coefficient (Wildman–Crippen LogP) is 0.105. The van der Waals surface area contributed by atoms with E-state index in [1.54, 1.807) is 24.3 Å². The van der Waals surface area contributed by atoms with Gasteiger partial charge in [-0.1, -0.05) is 41.4 Å². The Kier molecular flexibility index (Phi) is 7.74. The van der Waals surface area contributed by atoms with Crippen LogP contribution in [0.1, 0.15) is 18.1 Å². The number of rotatable bonds is 5. The zero-order valence-electron chi connectivity index (χ0n) is 12.3. The van der Waals surface area contributed by atoms with Crippen molar-refractivity contribution in [1.82, 2.24) is 0 Å². The first-order valence-corrected chi connectivity index (χ1v) is 7.11. The Bertz CT molecular complexity index is 644. The number of carboxylic acid groups (broad SMARTS) is 1. The first-order chi connectivity index (χ1) is 9.95. The van der Waals surface area contributed by atoms with Crippen molar-refractivity contribution in [3.8, 4) is 5.75 Å². The molecule has 2 rings (SSSR count). The minimum atomic E-state index is -1.24. The maximum absolute atomic E-state index is 10.6. The largest absolute Gasteiger partial charge is 1.00 e. The Hall–Kier alpha value is -0.710. The fourth-order valence-corrected chi connectivity index (χ4v) is 2.30. The number of carbonyl (C=O) groups is 1. The van der Waals surface area contributed by atoms with E-state index in [1.165, 1.54) is 6.92 Å². The third kappa shape index (κ3) is 5.49. The van der Waals surface area contributed by atoms with Gasteiger partial charge in [-0.25, -0.2) is 0 Å². The number of carbonyl (C=O) groups excluding carboxylic acids is 1. The fourth-order valence-electron chi connectivity index (χ4n) is 1.82. The third-order valence-electron chi connectivity index (χ3n) is 2.98. The summed E-state index contributed by atoms with van der Waals surface area (Å²) in [5.41, 5.74) is 2.01. The second-order valence-corrected chi connectivity index (χ2v) is 5.48. The molecule has 0 aliphatic rings. The molecule has 0 N–H and O–H groups in total. The number of hydrogen-bond donors (Lipinski definition) is 0. The van der Waals surface area contributed by atoms with E-state index in [0.717, 1.165) is 11.1 Å². The molecule has 0 saturated carbocycles. The van der Waals surface area contributed by atoms with Gasteiger partial charge in [0.2, 0.25) is 0 Å². The molecule has 0 bridgehead atoms. The fraction of sp³-hybridized carbons (Fsp3) is 0.188. The van der Waals surface area contributed by atoms with Crippen molar-refractivity contribution < 1.29 is 44.2 Å². The van der Waals surface area contributed by atoms with Crippen LogP contribution in [0.25, 0.3) is 0 Å². The van der Waals surface area contributed by atoms with Gasteiger partial charge in [-0.2, -0.15) is 0 Å². The van der Waals surface area contributed by atoms with E-state index < -0.39 is 12.1 Å². The van der Waals surface area contributed by atoms with Gasteiger partial charge >= 0.3 is 29.6 Å². The van der Waals surface area contributed by atoms with Crippen LogP contribution in [0.15, 0.2) is 42.5 Å². The molecular formula is C16H13Cl2NaO3. The average Bonchev–Trinajstić information content (AvgIpc) is 2.43. The Morgan fingerprint density at radius 2 is 1.82 bits per heavy atom. The van der Waals surface area contributed by atoms with E-state index >= 15 is 0 Å². The summed E-state index contributed by atoms with van der Waals surface area (Å²) in [5, 5.41) is 11.8. The maximum Gasteiger partial charge on any atom is 1.00 e. The molecule has 0 unspecified atom stereocenters. The zero-order chi connectivity index (χ0) is 15.4. The molecule has 0 saturated heterocycles. The summed E-state index contributed by atoms with van der Waals surface area (Å²) in [4.78, 5) is 10.6. The van der Waals surface area contributed by atoms with E-state index in [-0.39, 0.29) is 29.6 Å². The van der Waals surface area contributed by atoms with E-state index in [4.69, 9.17) is 27.9 Å². The van der Waals surface area contributed by atoms with Gasteiger partial charge in [0.1, 0.15) is 11.9 Å². The quantitative estimate of drug-likeness (QED) is 0.722. The first kappa shape index (κ1) is 19.3. The second-order valence-electron chi connectivity index (χ2n) is 4.64. The molecule has 0 aliphatic carbocycles. The summed E-state index contributed by atoms with van der Waals surface area (Å²) in [6.07, 6.45) is -0.326. The van der Waals surface area contributed by atoms with Crippen LogP contribution in [0.4, 0.5) is 0 Å². The molecule has 6 heteroatoms. The predicted molar refractivity (Wildman–Crippen MR) is 80.8 cm³/mol. The standard InChI is InChI=1S/C16H14Cl2O3.Na/c1-10(16(19)20)21-14-6-2-11(3-7-14)8-12-4-5-13(17)9-15(12)18;/h2-7,9-10H,8H2,1H3,(H,19,20);/q;+1/p-1/t10-;/m1./s1. The van der Waals surface area contributed by atoms with E-state index in [9.17, 15) is 9.90 Å². The monoisotopic (exact) mass is 346 g/mol. The molecule has 0 heterocycles. The van der Waals surface area contributed by atoms with Gasteiger partial charge in [-0.3, -0.25) is 0 Å². The number of hydrogen-bond acceptors (Lipinski definition) is 3. The smallest absolute Gasteiger partial charge is 0.546 e. The molecule has 1 atom stereocenters. The molecule has 0 fully saturated rings. The Morgan fingerprint density at radius 3 is 2.36 bits per heavy atom. The Balaban J connectivity index is 0.00000242. The third-order valence-corrected chi connectivity index (χ3v) is 3.56. The zero-order valence-corrected chi connectivity index (χ0v) is 15.8. The molecular weight excluding hydrogens is 334 g/mol. The summed E-state index contributed by atoms with van der Waals surface area (Å²) < 4.78 is 5.21. The maximum atomic E-state index is 10.6. The van der Waals surface area contributed by atoms with Gasteiger partial charge in [0.25, 0.3) is 0 Å². The first-order valence-electron chi connectivity index (χ1n) is 6.36. The number of aliphatic carboxylic acids is 1. The Morgan fingerprint density at radius 1 is 1.18 bits per heavy atom. The number of halogens is 2. The minimum Gasteiger partial charge on any atom is -0.546 e. The van der Waals surface area contributed by atoms with Crippen molar-refractivity contribution in [3.05, 3.63) is 63.6 Å². The van der Waals surface area contributed by atoms with Crippen LogP contribution in [0.3, 0.4) is 0 Å². The molecule has 0 aromatic heterocycles. The Labute approximate surface area is 161 Å². The van der Waals surface area contributed by atoms with Gasteiger partial charge in [0.15, 0.2) is 0 Å². The van der Waals surface area contributed by atoms with E-state index in [2.05, 4.69) is 0 Å². The SMILES string of the molecule is C[C@@H](Oc1ccc(Cc2ccc(Cl)cc2Cl)cc1)C(=O)[O-].[Na+]. The summed E-state index contributed by atoms with van der Waals surface area (Å²) in [7, 11) is 0. The second kappa shape index (κ2) is 8.80. The van der Waals surface area contributed by atoms with Crippen molar-refractivity contribution in [1.29, 1.82) is 0 Å². The molecule has 22 heavy (non-hydrogen) atoms. The van der Waals surface area contributed by atoms with E-state index in [1.807, 2.05) is 18.2 Å². The van der Waals surface area contributed by atoms with Gasteiger partial charge in [-0.05, 0) is 48.7 Å². The van der Waals surface area contributed by atoms with E-state index in [0.29, 0.717) is 22.2 Å². The van der Waals surface area contributed by atoms with Crippen LogP contribution < -0.4 is 39.4 Å². The van der Waals surface area contributed by atoms with Gasteiger partial charge in [-0.15, -0.1) is 0 Å². The number of benzene rings is 2. The van der Waals surface area contributed by atoms with Crippen molar-refractivity contribution in [2.24, 2.45) is 0 Å². The molecule has 0 aliphatic heterocycles. The number of ether oxygens (including phenoxy) is 1. The van der Waals surface area contributed by atoms with Crippen molar-refractivity contribution in [3.63, 3.8) is 0 Å². The molecule has 2 aromatic carbocycles. The average molecular weight is 347 g/mol. The summed E-state index contributed by atoms with van der Waals surface area (Å²) >= 11 is 12.0. The topological polar surface area (TPSA) is 49.4 Å². The molecule has 0 radical (unpaired) electrons. The molecule has 110 valence electrons. The van der Waals surface area contributed by atoms with Crippen LogP contribution in [0, 0.1) is 0 Å². The van der Waals surface area contributed by atoms with Crippen LogP contribution in [-0.2, 0) is 11.2 Å². The van der Waals surface area contributed by atoms with Crippen molar-refractivity contribution >= 4 is 29.2 Å². The van der Waals surface area contributed by atoms with Gasteiger partial charge in [0.05, 0.1) is 5.97 Å². The van der Waals surface area contributed by atoms with Crippen LogP contribution in [0.5, 0.6) is 5.75 Å². The van der Waals surface area contributed by atoms with Crippen molar-refractivity contribution in [2.75, 3.05) is 0 Å². The van der Waals surface area contributed by atoms with Crippen LogP contribution in [-0.4, -0.2) is 12.1 Å². The molecule has 3 nitrogen and oxygen atoms in total. The van der Waals surface area contributed by atoms with Gasteiger partial charge in [0, 0.05) is 10.0 Å². The van der Waals surface area contributed by atoms with Crippen molar-refractivity contribution in [2.45, 2.75) is 19.4 Å². The van der Waals surface area contributed by atoms with Crippen LogP contribution >= 0.6 is 23.2 Å². The normalized spacial score (nSPS) is 11.4. The number of carboxylic acids is 1. The summed E-state index contributed by atoms with van der Waals surface area (Å²) in [6, 6.07) is 12.5. The summed E-state index contributed by atoms with van der Waals surface area (Å²) in [5.74, 6) is -0.760. The molecule has 0 spiro atoms. The molecule has 2 aromatic rings. The molecule has 0 amide bonds. The minimum absolute atomic E-state index is 0. The van der Waals surface area contributed by atoms with Crippen LogP contribution in [0.2, 0.25) is 10.0 Å².